The van der Waals surface area contributed by atoms with E-state index < -0.39 is 9.84 Å². The molecular formula is C20H29N3O3S2. The smallest absolute Gasteiger partial charge is 0.177 e. The summed E-state index contributed by atoms with van der Waals surface area (Å²) in [5.41, 5.74) is 2.03. The maximum absolute atomic E-state index is 11.9. The van der Waals surface area contributed by atoms with Gasteiger partial charge in [-0.1, -0.05) is 53.3 Å². The van der Waals surface area contributed by atoms with Crippen LogP contribution in [0.15, 0.2) is 17.2 Å². The van der Waals surface area contributed by atoms with Crippen molar-refractivity contribution in [3.8, 4) is 5.75 Å². The molecule has 6 nitrogen and oxygen atoms in total. The van der Waals surface area contributed by atoms with Gasteiger partial charge in [0.1, 0.15) is 5.75 Å². The Bertz CT molecular complexity index is 905. The highest BCUT2D eigenvalue weighted by Crippen LogP contribution is 2.40. The molecule has 1 aromatic rings. The highest BCUT2D eigenvalue weighted by Gasteiger charge is 2.48. The molecule has 0 saturated carbocycles. The number of sulfone groups is 1. The molecule has 2 unspecified atom stereocenters. The number of phenols is 1. The highest BCUT2D eigenvalue weighted by molar-refractivity contribution is 8.15. The third-order valence-corrected chi connectivity index (χ3v) is 8.26. The van der Waals surface area contributed by atoms with Crippen molar-refractivity contribution in [3.63, 3.8) is 0 Å². The predicted molar refractivity (Wildman–Crippen MR) is 116 cm³/mol. The number of hydrazone groups is 1. The average molecular weight is 424 g/mol. The van der Waals surface area contributed by atoms with Crippen LogP contribution >= 0.6 is 11.8 Å². The summed E-state index contributed by atoms with van der Waals surface area (Å²) in [6.45, 7) is 12.3. The monoisotopic (exact) mass is 423 g/mol. The lowest BCUT2D eigenvalue weighted by atomic mass is 9.78. The molecule has 2 atom stereocenters. The van der Waals surface area contributed by atoms with Crippen molar-refractivity contribution in [2.75, 3.05) is 11.5 Å². The van der Waals surface area contributed by atoms with E-state index in [0.717, 1.165) is 16.7 Å². The number of phenolic OH excluding ortho intramolecular Hbond substituents is 1. The molecule has 2 aliphatic rings. The van der Waals surface area contributed by atoms with E-state index >= 15 is 0 Å². The first-order valence-corrected chi connectivity index (χ1v) is 12.1. The number of thioether (sulfide) groups is 1. The van der Waals surface area contributed by atoms with Gasteiger partial charge >= 0.3 is 0 Å². The predicted octanol–water partition coefficient (Wildman–Crippen LogP) is 3.47. The molecule has 0 amide bonds. The van der Waals surface area contributed by atoms with Gasteiger partial charge < -0.3 is 5.11 Å². The summed E-state index contributed by atoms with van der Waals surface area (Å²) < 4.78 is 23.9. The van der Waals surface area contributed by atoms with Gasteiger partial charge in [0.15, 0.2) is 15.0 Å². The minimum Gasteiger partial charge on any atom is -0.507 e. The van der Waals surface area contributed by atoms with Crippen molar-refractivity contribution in [2.45, 2.75) is 63.7 Å². The zero-order chi connectivity index (χ0) is 21.1. The van der Waals surface area contributed by atoms with Gasteiger partial charge in [0.25, 0.3) is 0 Å². The molecule has 0 radical (unpaired) electrons. The van der Waals surface area contributed by atoms with Crippen molar-refractivity contribution < 1.29 is 13.5 Å². The van der Waals surface area contributed by atoms with Crippen LogP contribution in [-0.2, 0) is 20.7 Å². The van der Waals surface area contributed by atoms with Gasteiger partial charge in [-0.2, -0.15) is 5.10 Å². The first kappa shape index (κ1) is 21.2. The summed E-state index contributed by atoms with van der Waals surface area (Å²) in [6, 6.07) is 3.56. The van der Waals surface area contributed by atoms with Gasteiger partial charge in [-0.3, -0.25) is 5.41 Å². The normalized spacial score (nSPS) is 24.9. The second-order valence-corrected chi connectivity index (χ2v) is 13.0. The second-order valence-electron chi connectivity index (χ2n) is 9.66. The molecule has 0 bridgehead atoms. The molecule has 2 aliphatic heterocycles. The van der Waals surface area contributed by atoms with Crippen molar-refractivity contribution in [1.82, 2.24) is 5.01 Å². The van der Waals surface area contributed by atoms with E-state index in [1.807, 2.05) is 12.1 Å². The van der Waals surface area contributed by atoms with E-state index in [1.165, 1.54) is 16.8 Å². The van der Waals surface area contributed by atoms with E-state index in [-0.39, 0.29) is 38.8 Å². The van der Waals surface area contributed by atoms with Crippen molar-refractivity contribution in [3.05, 3.63) is 28.8 Å². The summed E-state index contributed by atoms with van der Waals surface area (Å²) in [4.78, 5) is 0. The van der Waals surface area contributed by atoms with Gasteiger partial charge in [0.05, 0.1) is 23.8 Å². The Hall–Kier alpha value is -1.54. The van der Waals surface area contributed by atoms with Crippen molar-refractivity contribution in [2.24, 2.45) is 5.10 Å². The number of benzene rings is 1. The van der Waals surface area contributed by atoms with Gasteiger partial charge in [-0.15, -0.1) is 0 Å². The lowest BCUT2D eigenvalue weighted by Crippen LogP contribution is -2.32. The summed E-state index contributed by atoms with van der Waals surface area (Å²) in [7, 11) is -3.07. The van der Waals surface area contributed by atoms with E-state index in [4.69, 9.17) is 5.41 Å². The number of hydrogen-bond donors (Lipinski definition) is 2. The van der Waals surface area contributed by atoms with Gasteiger partial charge in [-0.05, 0) is 28.5 Å². The van der Waals surface area contributed by atoms with Crippen LogP contribution in [-0.4, -0.2) is 52.7 Å². The molecule has 0 aromatic heterocycles. The lowest BCUT2D eigenvalue weighted by Gasteiger charge is -2.28. The van der Waals surface area contributed by atoms with Crippen LogP contribution in [0, 0.1) is 5.41 Å². The fourth-order valence-electron chi connectivity index (χ4n) is 3.63. The summed E-state index contributed by atoms with van der Waals surface area (Å²) in [5.74, 6) is 0.460. The molecule has 1 aromatic carbocycles. The van der Waals surface area contributed by atoms with Crippen molar-refractivity contribution in [1.29, 1.82) is 5.41 Å². The van der Waals surface area contributed by atoms with Crippen LogP contribution in [0.2, 0.25) is 0 Å². The zero-order valence-corrected chi connectivity index (χ0v) is 18.9. The Balaban J connectivity index is 1.99. The first-order chi connectivity index (χ1) is 12.7. The van der Waals surface area contributed by atoms with Crippen molar-refractivity contribution >= 4 is 33.0 Å². The Labute approximate surface area is 171 Å². The van der Waals surface area contributed by atoms with Crippen LogP contribution in [0.25, 0.3) is 0 Å². The molecule has 0 spiro atoms. The fourth-order valence-corrected chi connectivity index (χ4v) is 7.34. The Kier molecular flexibility index (Phi) is 5.11. The van der Waals surface area contributed by atoms with Gasteiger partial charge in [0, 0.05) is 16.4 Å². The summed E-state index contributed by atoms with van der Waals surface area (Å²) >= 11 is 1.28. The highest BCUT2D eigenvalue weighted by atomic mass is 32.2. The SMILES string of the molecule is CC(C)(C)c1cc(C=NN2C(=N)SC3CS(=O)(=O)CC32)cc(C(C)(C)C)c1O. The number of amidine groups is 1. The Morgan fingerprint density at radius 2 is 1.68 bits per heavy atom. The maximum Gasteiger partial charge on any atom is 0.177 e. The third-order valence-electron chi connectivity index (χ3n) is 5.14. The Morgan fingerprint density at radius 3 is 2.18 bits per heavy atom. The van der Waals surface area contributed by atoms with Crippen LogP contribution in [0.5, 0.6) is 5.75 Å². The molecule has 2 N–H and O–H groups in total. The number of nitrogens with one attached hydrogen (secondary N) is 1. The number of rotatable bonds is 2. The van der Waals surface area contributed by atoms with Crippen LogP contribution < -0.4 is 0 Å². The van der Waals surface area contributed by atoms with Crippen LogP contribution in [0.3, 0.4) is 0 Å². The standard InChI is InChI=1S/C20H29N3O3S2/c1-19(2,3)13-7-12(8-14(17(13)24)20(4,5)6)9-22-23-15-10-28(25,26)11-16(15)27-18(23)21/h7-9,15-16,21,24H,10-11H2,1-6H3. The van der Waals surface area contributed by atoms with E-state index in [2.05, 4.69) is 46.6 Å². The minimum atomic E-state index is -3.07. The third kappa shape index (κ3) is 4.08. The van der Waals surface area contributed by atoms with Crippen LogP contribution in [0.1, 0.15) is 58.2 Å². The number of hydrogen-bond acceptors (Lipinski definition) is 6. The quantitative estimate of drug-likeness (QED) is 0.711. The van der Waals surface area contributed by atoms with E-state index in [0.29, 0.717) is 5.75 Å². The summed E-state index contributed by atoms with van der Waals surface area (Å²) in [5, 5.41) is 25.2. The number of fused-ring (bicyclic) bond motifs is 1. The molecule has 3 rings (SSSR count). The summed E-state index contributed by atoms with van der Waals surface area (Å²) in [6.07, 6.45) is 1.67. The van der Waals surface area contributed by atoms with E-state index in [1.54, 1.807) is 6.21 Å². The molecule has 2 saturated heterocycles. The van der Waals surface area contributed by atoms with Gasteiger partial charge in [-0.25, -0.2) is 13.4 Å². The van der Waals surface area contributed by atoms with Gasteiger partial charge in [0.2, 0.25) is 0 Å². The molecule has 2 heterocycles. The Morgan fingerprint density at radius 1 is 1.14 bits per heavy atom. The topological polar surface area (TPSA) is 93.8 Å². The lowest BCUT2D eigenvalue weighted by molar-refractivity contribution is 0.376. The average Bonchev–Trinajstić information content (AvgIpc) is 2.94. The minimum absolute atomic E-state index is 0.0421. The second kappa shape index (κ2) is 6.76. The molecule has 0 aliphatic carbocycles. The number of aromatic hydroxyl groups is 1. The largest absolute Gasteiger partial charge is 0.507 e. The first-order valence-electron chi connectivity index (χ1n) is 9.36. The van der Waals surface area contributed by atoms with E-state index in [9.17, 15) is 13.5 Å². The zero-order valence-electron chi connectivity index (χ0n) is 17.3. The molecule has 28 heavy (non-hydrogen) atoms. The fraction of sp³-hybridized carbons (Fsp3) is 0.600. The number of nitrogens with zero attached hydrogens (tertiary/aromatic N) is 2. The molecular weight excluding hydrogens is 394 g/mol. The molecule has 8 heteroatoms. The molecule has 2 fully saturated rings. The molecule has 154 valence electrons. The van der Waals surface area contributed by atoms with Crippen LogP contribution in [0.4, 0.5) is 0 Å². The maximum atomic E-state index is 11.9.